The minimum atomic E-state index is -3.43. The molecule has 1 aliphatic rings. The molecule has 35 heavy (non-hydrogen) atoms. The molecule has 5 nitrogen and oxygen atoms in total. The van der Waals surface area contributed by atoms with E-state index >= 15 is 0 Å². The van der Waals surface area contributed by atoms with E-state index in [0.29, 0.717) is 30.8 Å². The monoisotopic (exact) mass is 493 g/mol. The van der Waals surface area contributed by atoms with Gasteiger partial charge in [-0.2, -0.15) is 0 Å². The van der Waals surface area contributed by atoms with Crippen LogP contribution in [0.4, 0.5) is 5.69 Å². The van der Waals surface area contributed by atoms with Crippen molar-refractivity contribution >= 4 is 13.3 Å². The van der Waals surface area contributed by atoms with Gasteiger partial charge < -0.3 is 18.7 Å². The summed E-state index contributed by atoms with van der Waals surface area (Å²) >= 11 is 0. The molecule has 1 aliphatic heterocycles. The Labute approximate surface area is 209 Å². The van der Waals surface area contributed by atoms with Gasteiger partial charge in [-0.1, -0.05) is 48.7 Å². The predicted molar refractivity (Wildman–Crippen MR) is 143 cm³/mol. The Morgan fingerprint density at radius 2 is 1.37 bits per heavy atom. The van der Waals surface area contributed by atoms with Gasteiger partial charge in [0.05, 0.1) is 13.3 Å². The number of benzene rings is 3. The van der Waals surface area contributed by atoms with Crippen LogP contribution in [0.2, 0.25) is 0 Å². The van der Waals surface area contributed by atoms with E-state index in [2.05, 4.69) is 62.1 Å². The smallest absolute Gasteiger partial charge is 0.430 e. The third-order valence-corrected chi connectivity index (χ3v) is 8.18. The number of methoxy groups -OCH3 is 1. The Balaban J connectivity index is 1.90. The van der Waals surface area contributed by atoms with E-state index in [1.165, 1.54) is 0 Å². The highest BCUT2D eigenvalue weighted by Crippen LogP contribution is 2.53. The summed E-state index contributed by atoms with van der Waals surface area (Å²) in [4.78, 5) is 2.31. The number of rotatable bonds is 5. The summed E-state index contributed by atoms with van der Waals surface area (Å²) in [7, 11) is -1.76. The summed E-state index contributed by atoms with van der Waals surface area (Å²) in [6.07, 6.45) is 2.07. The third-order valence-electron chi connectivity index (χ3n) is 6.40. The second-order valence-electron chi connectivity index (χ2n) is 9.56. The van der Waals surface area contributed by atoms with E-state index < -0.39 is 7.60 Å². The molecular weight excluding hydrogens is 457 g/mol. The quantitative estimate of drug-likeness (QED) is 0.338. The van der Waals surface area contributed by atoms with Gasteiger partial charge in [0.2, 0.25) is 0 Å². The fourth-order valence-corrected chi connectivity index (χ4v) is 6.77. The van der Waals surface area contributed by atoms with Gasteiger partial charge >= 0.3 is 7.60 Å². The maximum atomic E-state index is 14.2. The second kappa shape index (κ2) is 10.4. The zero-order valence-electron chi connectivity index (χ0n) is 21.7. The fourth-order valence-electron chi connectivity index (χ4n) is 4.76. The first-order valence-electron chi connectivity index (χ1n) is 12.3. The molecule has 186 valence electrons. The molecule has 4 rings (SSSR count). The average Bonchev–Trinajstić information content (AvgIpc) is 2.81. The van der Waals surface area contributed by atoms with E-state index in [1.807, 2.05) is 26.0 Å². The maximum absolute atomic E-state index is 14.2. The van der Waals surface area contributed by atoms with Crippen molar-refractivity contribution in [2.75, 3.05) is 18.2 Å². The summed E-state index contributed by atoms with van der Waals surface area (Å²) in [6, 6.07) is 16.5. The molecule has 1 heterocycles. The Morgan fingerprint density at radius 1 is 0.857 bits per heavy atom. The van der Waals surface area contributed by atoms with Gasteiger partial charge in [-0.3, -0.25) is 0 Å². The van der Waals surface area contributed by atoms with Crippen LogP contribution in [0.15, 0.2) is 48.5 Å². The number of fused-ring (bicyclic) bond motifs is 2. The number of ether oxygens (including phenoxy) is 1. The van der Waals surface area contributed by atoms with E-state index in [4.69, 9.17) is 13.8 Å². The molecule has 0 spiro atoms. The zero-order chi connectivity index (χ0) is 25.2. The molecule has 0 bridgehead atoms. The minimum Gasteiger partial charge on any atom is -0.497 e. The summed E-state index contributed by atoms with van der Waals surface area (Å²) in [5, 5.41) is 0. The minimum absolute atomic E-state index is 0.380. The van der Waals surface area contributed by atoms with E-state index in [1.54, 1.807) is 7.11 Å². The third kappa shape index (κ3) is 5.67. The van der Waals surface area contributed by atoms with Crippen LogP contribution in [-0.4, -0.2) is 13.3 Å². The number of anilines is 1. The van der Waals surface area contributed by atoms with Crippen molar-refractivity contribution in [3.8, 4) is 17.2 Å². The number of hydrogen-bond donors (Lipinski definition) is 0. The molecule has 0 saturated heterocycles. The van der Waals surface area contributed by atoms with E-state index in [-0.39, 0.29) is 0 Å². The molecular formula is C29H36NO4P. The standard InChI is InChI=1S/C29H36NO4P/c1-7-8-13-35(31)33-28-22(4)14-20(2)16-24(28)18-30(26-9-11-27(32-6)12-10-26)19-25-17-21(3)15-23(5)29(25)34-35/h9-12,14-17H,7-8,13,18-19H2,1-6H3. The Bertz CT molecular complexity index is 1190. The molecule has 0 unspecified atom stereocenters. The lowest BCUT2D eigenvalue weighted by molar-refractivity contribution is 0.376. The average molecular weight is 494 g/mol. The van der Waals surface area contributed by atoms with Crippen LogP contribution in [0.1, 0.15) is 53.1 Å². The first kappa shape index (κ1) is 25.2. The van der Waals surface area contributed by atoms with Gasteiger partial charge in [-0.05, 0) is 69.5 Å². The van der Waals surface area contributed by atoms with Crippen molar-refractivity contribution in [2.45, 2.75) is 60.5 Å². The lowest BCUT2D eigenvalue weighted by Gasteiger charge is -2.32. The van der Waals surface area contributed by atoms with Crippen LogP contribution in [-0.2, 0) is 17.7 Å². The van der Waals surface area contributed by atoms with Gasteiger partial charge in [0.15, 0.2) is 0 Å². The van der Waals surface area contributed by atoms with Gasteiger partial charge in [0, 0.05) is 29.9 Å². The molecule has 0 atom stereocenters. The maximum Gasteiger partial charge on any atom is 0.430 e. The van der Waals surface area contributed by atoms with E-state index in [9.17, 15) is 4.57 Å². The molecule has 3 aromatic carbocycles. The first-order valence-corrected chi connectivity index (χ1v) is 14.0. The molecule has 6 heteroatoms. The number of unbranched alkanes of at least 4 members (excludes halogenated alkanes) is 1. The molecule has 0 aliphatic carbocycles. The zero-order valence-corrected chi connectivity index (χ0v) is 22.6. The highest BCUT2D eigenvalue weighted by atomic mass is 31.2. The summed E-state index contributed by atoms with van der Waals surface area (Å²) in [5.41, 5.74) is 7.31. The van der Waals surface area contributed by atoms with Crippen molar-refractivity contribution in [1.82, 2.24) is 0 Å². The van der Waals surface area contributed by atoms with Crippen LogP contribution in [0.3, 0.4) is 0 Å². The summed E-state index contributed by atoms with van der Waals surface area (Å²) < 4.78 is 32.4. The topological polar surface area (TPSA) is 48.0 Å². The van der Waals surface area contributed by atoms with Crippen molar-refractivity contribution in [3.63, 3.8) is 0 Å². The van der Waals surface area contributed by atoms with Crippen LogP contribution in [0, 0.1) is 27.7 Å². The molecule has 0 fully saturated rings. The predicted octanol–water partition coefficient (Wildman–Crippen LogP) is 7.90. The van der Waals surface area contributed by atoms with Crippen LogP contribution in [0.5, 0.6) is 17.2 Å². The second-order valence-corrected chi connectivity index (χ2v) is 11.6. The number of aryl methyl sites for hydroxylation is 4. The van der Waals surface area contributed by atoms with Gasteiger partial charge in [0.1, 0.15) is 17.2 Å². The van der Waals surface area contributed by atoms with Crippen molar-refractivity contribution < 1.29 is 18.3 Å². The van der Waals surface area contributed by atoms with Crippen LogP contribution >= 0.6 is 7.60 Å². The van der Waals surface area contributed by atoms with Crippen LogP contribution in [0.25, 0.3) is 0 Å². The molecule has 3 aromatic rings. The summed E-state index contributed by atoms with van der Waals surface area (Å²) in [6.45, 7) is 11.5. The normalized spacial score (nSPS) is 14.9. The van der Waals surface area contributed by atoms with Crippen molar-refractivity contribution in [2.24, 2.45) is 0 Å². The van der Waals surface area contributed by atoms with Crippen molar-refractivity contribution in [1.29, 1.82) is 0 Å². The molecule has 0 aromatic heterocycles. The summed E-state index contributed by atoms with van der Waals surface area (Å²) in [5.74, 6) is 2.15. The van der Waals surface area contributed by atoms with Gasteiger partial charge in [-0.15, -0.1) is 0 Å². The lowest BCUT2D eigenvalue weighted by Crippen LogP contribution is -2.24. The largest absolute Gasteiger partial charge is 0.497 e. The molecule has 0 amide bonds. The van der Waals surface area contributed by atoms with Gasteiger partial charge in [-0.25, -0.2) is 4.57 Å². The Morgan fingerprint density at radius 3 is 1.83 bits per heavy atom. The molecule has 0 N–H and O–H groups in total. The highest BCUT2D eigenvalue weighted by molar-refractivity contribution is 7.54. The SMILES string of the molecule is CCCCP1(=O)Oc2c(C)cc(C)cc2CN(c2ccc(OC)cc2)Cc2cc(C)cc(C)c2O1. The fraction of sp³-hybridized carbons (Fsp3) is 0.379. The van der Waals surface area contributed by atoms with Gasteiger partial charge in [0.25, 0.3) is 0 Å². The van der Waals surface area contributed by atoms with E-state index in [0.717, 1.165) is 57.7 Å². The number of nitrogens with zero attached hydrogens (tertiary/aromatic N) is 1. The number of hydrogen-bond acceptors (Lipinski definition) is 5. The van der Waals surface area contributed by atoms with Crippen molar-refractivity contribution in [3.05, 3.63) is 81.9 Å². The molecule has 0 radical (unpaired) electrons. The first-order chi connectivity index (χ1) is 16.7. The Kier molecular flexibility index (Phi) is 7.47. The molecule has 0 saturated carbocycles. The Hall–Kier alpha value is -2.91. The highest BCUT2D eigenvalue weighted by Gasteiger charge is 2.33. The van der Waals surface area contributed by atoms with Crippen LogP contribution < -0.4 is 18.7 Å². The lowest BCUT2D eigenvalue weighted by atomic mass is 10.0.